The molecule has 4 rings (SSSR count). The van der Waals surface area contributed by atoms with Crippen molar-refractivity contribution in [3.05, 3.63) is 40.6 Å². The zero-order valence-electron chi connectivity index (χ0n) is 22.2. The van der Waals surface area contributed by atoms with Gasteiger partial charge in [-0.05, 0) is 12.1 Å². The quantitative estimate of drug-likeness (QED) is 0.559. The van der Waals surface area contributed by atoms with E-state index < -0.39 is 0 Å². The number of amides is 1. The Balaban J connectivity index is 1.37. The molecule has 0 radical (unpaired) electrons. The predicted molar refractivity (Wildman–Crippen MR) is 143 cm³/mol. The van der Waals surface area contributed by atoms with Crippen molar-refractivity contribution in [2.45, 2.75) is 46.1 Å². The maximum absolute atomic E-state index is 13.3. The van der Waals surface area contributed by atoms with Gasteiger partial charge in [0.1, 0.15) is 17.9 Å². The Morgan fingerprint density at radius 2 is 1.92 bits per heavy atom. The monoisotopic (exact) mass is 528 g/mol. The van der Waals surface area contributed by atoms with E-state index in [1.807, 2.05) is 18.1 Å². The number of carbonyl (C=O) groups is 1. The van der Waals surface area contributed by atoms with Crippen LogP contribution in [-0.2, 0) is 4.79 Å². The Morgan fingerprint density at radius 1 is 1.24 bits per heavy atom. The van der Waals surface area contributed by atoms with E-state index in [9.17, 15) is 4.79 Å². The Hall–Kier alpha value is -2.64. The molecule has 2 fully saturated rings. The lowest BCUT2D eigenvalue weighted by molar-refractivity contribution is -0.172. The van der Waals surface area contributed by atoms with E-state index in [0.29, 0.717) is 28.5 Å². The number of halogens is 1. The Bertz CT molecular complexity index is 1100. The van der Waals surface area contributed by atoms with Gasteiger partial charge in [-0.2, -0.15) is 5.26 Å². The van der Waals surface area contributed by atoms with E-state index in [-0.39, 0.29) is 41.8 Å². The number of aliphatic imine (C=N–C) groups is 1. The summed E-state index contributed by atoms with van der Waals surface area (Å²) in [5, 5.41) is 21.9. The number of β-amino-alcohol motifs (C(OH)–C–C–N with tert-alkyl or cyclic N) is 1. The molecule has 9 nitrogen and oxygen atoms in total. The number of hydrogen-bond donors (Lipinski definition) is 2. The molecule has 0 aromatic heterocycles. The van der Waals surface area contributed by atoms with Crippen LogP contribution in [0.1, 0.15) is 33.3 Å². The molecule has 10 heteroatoms. The smallest absolute Gasteiger partial charge is 0.254 e. The second-order valence-corrected chi connectivity index (χ2v) is 11.7. The molecule has 2 heterocycles. The topological polar surface area (TPSA) is 104 Å². The summed E-state index contributed by atoms with van der Waals surface area (Å²) < 4.78 is 6.32. The van der Waals surface area contributed by atoms with Gasteiger partial charge < -0.3 is 20.1 Å². The number of aliphatic hydroxyl groups is 1. The zero-order chi connectivity index (χ0) is 27.0. The van der Waals surface area contributed by atoms with Crippen molar-refractivity contribution in [3.63, 3.8) is 0 Å². The first-order valence-corrected chi connectivity index (χ1v) is 13.1. The zero-order valence-corrected chi connectivity index (χ0v) is 23.0. The molecule has 3 aliphatic rings. The summed E-state index contributed by atoms with van der Waals surface area (Å²) in [5.41, 5.74) is 0.251. The average molecular weight is 529 g/mol. The number of nitrogens with one attached hydrogen (secondary N) is 1. The molecular formula is C27H37ClN6O3. The van der Waals surface area contributed by atoms with Gasteiger partial charge in [-0.15, -0.1) is 0 Å². The van der Waals surface area contributed by atoms with Gasteiger partial charge in [-0.1, -0.05) is 39.3 Å². The highest BCUT2D eigenvalue weighted by molar-refractivity contribution is 6.31. The number of carbonyl (C=O) groups excluding carboxylic acids is 1. The maximum atomic E-state index is 13.3. The van der Waals surface area contributed by atoms with Crippen LogP contribution in [0.25, 0.3) is 0 Å². The third-order valence-electron chi connectivity index (χ3n) is 7.90. The third-order valence-corrected chi connectivity index (χ3v) is 8.21. The predicted octanol–water partition coefficient (Wildman–Crippen LogP) is 2.30. The number of piperazine rings is 1. The van der Waals surface area contributed by atoms with E-state index in [4.69, 9.17) is 31.7 Å². The molecule has 1 atom stereocenters. The molecule has 2 aliphatic heterocycles. The van der Waals surface area contributed by atoms with Gasteiger partial charge in [0, 0.05) is 75.1 Å². The first-order chi connectivity index (χ1) is 17.5. The van der Waals surface area contributed by atoms with Gasteiger partial charge in [-0.25, -0.2) is 0 Å². The third kappa shape index (κ3) is 5.34. The number of nitrogens with zero attached hydrogens (tertiary/aromatic N) is 5. The van der Waals surface area contributed by atoms with Crippen LogP contribution in [-0.4, -0.2) is 96.7 Å². The Labute approximate surface area is 224 Å². The molecule has 0 bridgehead atoms. The number of ether oxygens (including phenoxy) is 1. The average Bonchev–Trinajstić information content (AvgIpc) is 2.86. The molecule has 1 aromatic carbocycles. The van der Waals surface area contributed by atoms with Gasteiger partial charge in [-0.3, -0.25) is 19.6 Å². The minimum absolute atomic E-state index is 0.122. The number of nitriles is 1. The van der Waals surface area contributed by atoms with Gasteiger partial charge in [0.15, 0.2) is 6.29 Å². The largest absolute Gasteiger partial charge is 0.489 e. The van der Waals surface area contributed by atoms with Crippen molar-refractivity contribution in [2.75, 3.05) is 46.4 Å². The SMILES string of the molecule is CN1C=C(C(=O)NC2C(C)(C)C(Oc3ccc(C#N)c(Cl)c3)C2(C)C)C=NC1N1CCN(CCO)CC1. The first kappa shape index (κ1) is 27.4. The van der Waals surface area contributed by atoms with Gasteiger partial charge in [0.2, 0.25) is 0 Å². The Morgan fingerprint density at radius 3 is 2.49 bits per heavy atom. The van der Waals surface area contributed by atoms with E-state index in [2.05, 4.69) is 48.9 Å². The highest BCUT2D eigenvalue weighted by Crippen LogP contribution is 2.55. The standard InChI is InChI=1S/C27H37ClN6O3/c1-26(2)23(27(3,4)24(26)37-20-7-6-18(15-29)21(28)14-20)31-22(36)19-16-30-25(32(5)17-19)34-10-8-33(9-11-34)12-13-35/h6-7,14,16-17,23-25,35H,8-13H2,1-5H3,(H,31,36). The molecule has 1 saturated carbocycles. The second kappa shape index (κ2) is 10.6. The van der Waals surface area contributed by atoms with Crippen LogP contribution in [0.2, 0.25) is 5.02 Å². The van der Waals surface area contributed by atoms with Crippen LogP contribution in [0.15, 0.2) is 35.0 Å². The van der Waals surface area contributed by atoms with E-state index in [1.165, 1.54) is 0 Å². The minimum atomic E-state index is -0.339. The van der Waals surface area contributed by atoms with Crippen molar-refractivity contribution in [1.29, 1.82) is 5.26 Å². The molecule has 1 unspecified atom stereocenters. The maximum Gasteiger partial charge on any atom is 0.254 e. The normalized spacial score (nSPS) is 27.1. The summed E-state index contributed by atoms with van der Waals surface area (Å²) in [6.45, 7) is 12.7. The minimum Gasteiger partial charge on any atom is -0.489 e. The lowest BCUT2D eigenvalue weighted by Crippen LogP contribution is -2.74. The van der Waals surface area contributed by atoms with Crippen LogP contribution in [0.3, 0.4) is 0 Å². The summed E-state index contributed by atoms with van der Waals surface area (Å²) >= 11 is 6.19. The fourth-order valence-corrected chi connectivity index (χ4v) is 6.42. The molecule has 1 amide bonds. The molecule has 37 heavy (non-hydrogen) atoms. The van der Waals surface area contributed by atoms with Gasteiger partial charge in [0.25, 0.3) is 5.91 Å². The van der Waals surface area contributed by atoms with E-state index >= 15 is 0 Å². The molecule has 0 spiro atoms. The van der Waals surface area contributed by atoms with Crippen molar-refractivity contribution in [3.8, 4) is 11.8 Å². The Kier molecular flexibility index (Phi) is 7.86. The molecule has 200 valence electrons. The van der Waals surface area contributed by atoms with Crippen molar-refractivity contribution >= 4 is 23.7 Å². The van der Waals surface area contributed by atoms with Crippen molar-refractivity contribution in [1.82, 2.24) is 20.0 Å². The summed E-state index contributed by atoms with van der Waals surface area (Å²) in [4.78, 5) is 24.5. The number of aliphatic hydroxyl groups excluding tert-OH is 1. The van der Waals surface area contributed by atoms with Crippen LogP contribution < -0.4 is 10.1 Å². The number of rotatable bonds is 7. The summed E-state index contributed by atoms with van der Waals surface area (Å²) in [7, 11) is 1.94. The van der Waals surface area contributed by atoms with Gasteiger partial charge in [0.05, 0.1) is 22.8 Å². The highest BCUT2D eigenvalue weighted by Gasteiger charge is 2.64. The van der Waals surface area contributed by atoms with Gasteiger partial charge >= 0.3 is 0 Å². The molecule has 2 N–H and O–H groups in total. The summed E-state index contributed by atoms with van der Waals surface area (Å²) in [6.07, 6.45) is 3.23. The fraction of sp³-hybridized carbons (Fsp3) is 0.593. The highest BCUT2D eigenvalue weighted by atomic mass is 35.5. The summed E-state index contributed by atoms with van der Waals surface area (Å²) in [6, 6.07) is 7.02. The van der Waals surface area contributed by atoms with E-state index in [1.54, 1.807) is 24.4 Å². The van der Waals surface area contributed by atoms with Crippen LogP contribution >= 0.6 is 11.6 Å². The molecule has 1 saturated heterocycles. The number of hydrogen-bond acceptors (Lipinski definition) is 8. The summed E-state index contributed by atoms with van der Waals surface area (Å²) in [5.74, 6) is 0.444. The van der Waals surface area contributed by atoms with Crippen LogP contribution in [0.5, 0.6) is 5.75 Å². The van der Waals surface area contributed by atoms with E-state index in [0.717, 1.165) is 26.2 Å². The fourth-order valence-electron chi connectivity index (χ4n) is 6.21. The van der Waals surface area contributed by atoms with Crippen molar-refractivity contribution < 1.29 is 14.6 Å². The second-order valence-electron chi connectivity index (χ2n) is 11.3. The lowest BCUT2D eigenvalue weighted by atomic mass is 9.49. The molecule has 1 aromatic rings. The first-order valence-electron chi connectivity index (χ1n) is 12.7. The lowest BCUT2D eigenvalue weighted by Gasteiger charge is -2.63. The van der Waals surface area contributed by atoms with Crippen molar-refractivity contribution in [2.24, 2.45) is 15.8 Å². The number of benzene rings is 1. The molecule has 1 aliphatic carbocycles. The molecular weight excluding hydrogens is 492 g/mol. The van der Waals surface area contributed by atoms with Crippen LogP contribution in [0, 0.1) is 22.2 Å². The van der Waals surface area contributed by atoms with Crippen LogP contribution in [0.4, 0.5) is 0 Å².